The Kier molecular flexibility index (Phi) is 5.41. The SMILES string of the molecule is Cc1cc(C)c(OCC(=O)Nc2ccc(C)c(Cl)c2)c([N+](=O)[O-])c1. The Morgan fingerprint density at radius 2 is 1.92 bits per heavy atom. The molecular weight excluding hydrogens is 332 g/mol. The van der Waals surface area contributed by atoms with Crippen LogP contribution < -0.4 is 10.1 Å². The van der Waals surface area contributed by atoms with Crippen molar-refractivity contribution >= 4 is 28.9 Å². The van der Waals surface area contributed by atoms with Crippen LogP contribution in [0.4, 0.5) is 11.4 Å². The molecule has 24 heavy (non-hydrogen) atoms. The Labute approximate surface area is 144 Å². The van der Waals surface area contributed by atoms with Gasteiger partial charge in [0.05, 0.1) is 4.92 Å². The highest BCUT2D eigenvalue weighted by atomic mass is 35.5. The van der Waals surface area contributed by atoms with E-state index >= 15 is 0 Å². The molecule has 0 unspecified atom stereocenters. The van der Waals surface area contributed by atoms with Gasteiger partial charge in [-0.25, -0.2) is 0 Å². The van der Waals surface area contributed by atoms with Gasteiger partial charge in [0.25, 0.3) is 5.91 Å². The molecule has 0 fully saturated rings. The van der Waals surface area contributed by atoms with E-state index in [-0.39, 0.29) is 18.0 Å². The maximum Gasteiger partial charge on any atom is 0.311 e. The normalized spacial score (nSPS) is 10.3. The molecular formula is C17H17ClN2O4. The molecule has 2 aromatic carbocycles. The third kappa shape index (κ3) is 4.23. The number of hydrogen-bond donors (Lipinski definition) is 1. The van der Waals surface area contributed by atoms with Gasteiger partial charge in [0.2, 0.25) is 5.75 Å². The van der Waals surface area contributed by atoms with Crippen molar-refractivity contribution < 1.29 is 14.5 Å². The summed E-state index contributed by atoms with van der Waals surface area (Å²) in [4.78, 5) is 22.6. The number of carbonyl (C=O) groups is 1. The van der Waals surface area contributed by atoms with Crippen molar-refractivity contribution in [2.75, 3.05) is 11.9 Å². The van der Waals surface area contributed by atoms with E-state index in [2.05, 4.69) is 5.32 Å². The van der Waals surface area contributed by atoms with Gasteiger partial charge in [-0.15, -0.1) is 0 Å². The summed E-state index contributed by atoms with van der Waals surface area (Å²) in [5.74, 6) is -0.327. The fraction of sp³-hybridized carbons (Fsp3) is 0.235. The van der Waals surface area contributed by atoms with Crippen LogP contribution in [0.3, 0.4) is 0 Å². The van der Waals surface area contributed by atoms with E-state index in [1.807, 2.05) is 6.92 Å². The monoisotopic (exact) mass is 348 g/mol. The van der Waals surface area contributed by atoms with Gasteiger partial charge in [-0.2, -0.15) is 0 Å². The second kappa shape index (κ2) is 7.31. The number of rotatable bonds is 5. The molecule has 0 radical (unpaired) electrons. The van der Waals surface area contributed by atoms with Gasteiger partial charge in [0.1, 0.15) is 0 Å². The van der Waals surface area contributed by atoms with E-state index in [4.69, 9.17) is 16.3 Å². The van der Waals surface area contributed by atoms with Crippen LogP contribution in [-0.4, -0.2) is 17.4 Å². The van der Waals surface area contributed by atoms with Gasteiger partial charge < -0.3 is 10.1 Å². The predicted molar refractivity (Wildman–Crippen MR) is 92.9 cm³/mol. The molecule has 1 amide bonds. The lowest BCUT2D eigenvalue weighted by Crippen LogP contribution is -2.20. The molecule has 0 saturated heterocycles. The number of benzene rings is 2. The minimum Gasteiger partial charge on any atom is -0.477 e. The minimum absolute atomic E-state index is 0.0997. The largest absolute Gasteiger partial charge is 0.477 e. The highest BCUT2D eigenvalue weighted by Gasteiger charge is 2.19. The summed E-state index contributed by atoms with van der Waals surface area (Å²) in [5.41, 5.74) is 2.64. The van der Waals surface area contributed by atoms with E-state index in [1.165, 1.54) is 6.07 Å². The molecule has 1 N–H and O–H groups in total. The molecule has 0 aliphatic rings. The average Bonchev–Trinajstić information content (AvgIpc) is 2.49. The average molecular weight is 349 g/mol. The lowest BCUT2D eigenvalue weighted by molar-refractivity contribution is -0.385. The molecule has 0 bridgehead atoms. The zero-order chi connectivity index (χ0) is 17.9. The molecule has 7 heteroatoms. The summed E-state index contributed by atoms with van der Waals surface area (Å²) in [6.45, 7) is 4.98. The number of amides is 1. The molecule has 0 heterocycles. The first-order valence-electron chi connectivity index (χ1n) is 7.22. The zero-order valence-electron chi connectivity index (χ0n) is 13.6. The number of nitrogens with one attached hydrogen (secondary N) is 1. The first-order valence-corrected chi connectivity index (χ1v) is 7.60. The zero-order valence-corrected chi connectivity index (χ0v) is 14.3. The Morgan fingerprint density at radius 3 is 2.54 bits per heavy atom. The van der Waals surface area contributed by atoms with Gasteiger partial charge in [0.15, 0.2) is 6.61 Å². The number of nitro benzene ring substituents is 1. The quantitative estimate of drug-likeness (QED) is 0.648. The Morgan fingerprint density at radius 1 is 1.21 bits per heavy atom. The van der Waals surface area contributed by atoms with Crippen molar-refractivity contribution in [3.05, 3.63) is 62.2 Å². The van der Waals surface area contributed by atoms with Crippen molar-refractivity contribution in [1.82, 2.24) is 0 Å². The fourth-order valence-electron chi connectivity index (χ4n) is 2.26. The molecule has 2 aromatic rings. The summed E-state index contributed by atoms with van der Waals surface area (Å²) < 4.78 is 5.39. The number of aryl methyl sites for hydroxylation is 3. The van der Waals surface area contributed by atoms with Crippen LogP contribution in [0, 0.1) is 30.9 Å². The molecule has 0 aromatic heterocycles. The van der Waals surface area contributed by atoms with Crippen molar-refractivity contribution in [3.63, 3.8) is 0 Å². The number of ether oxygens (including phenoxy) is 1. The lowest BCUT2D eigenvalue weighted by Gasteiger charge is -2.11. The maximum absolute atomic E-state index is 12.0. The van der Waals surface area contributed by atoms with Crippen molar-refractivity contribution in [3.8, 4) is 5.75 Å². The van der Waals surface area contributed by atoms with Crippen LogP contribution in [0.5, 0.6) is 5.75 Å². The van der Waals surface area contributed by atoms with Gasteiger partial charge >= 0.3 is 5.69 Å². The molecule has 0 atom stereocenters. The van der Waals surface area contributed by atoms with Crippen molar-refractivity contribution in [2.24, 2.45) is 0 Å². The van der Waals surface area contributed by atoms with Crippen molar-refractivity contribution in [2.45, 2.75) is 20.8 Å². The molecule has 0 aliphatic carbocycles. The lowest BCUT2D eigenvalue weighted by atomic mass is 10.1. The highest BCUT2D eigenvalue weighted by molar-refractivity contribution is 6.31. The smallest absolute Gasteiger partial charge is 0.311 e. The minimum atomic E-state index is -0.521. The molecule has 0 spiro atoms. The standard InChI is InChI=1S/C17H17ClN2O4/c1-10-6-12(3)17(15(7-10)20(22)23)24-9-16(21)19-13-5-4-11(2)14(18)8-13/h4-8H,9H2,1-3H3,(H,19,21). The summed E-state index contributed by atoms with van der Waals surface area (Å²) in [7, 11) is 0. The van der Waals surface area contributed by atoms with Gasteiger partial charge in [0, 0.05) is 16.8 Å². The molecule has 6 nitrogen and oxygen atoms in total. The first kappa shape index (κ1) is 17.7. The van der Waals surface area contributed by atoms with E-state index in [1.54, 1.807) is 38.1 Å². The molecule has 0 saturated carbocycles. The van der Waals surface area contributed by atoms with Gasteiger partial charge in [-0.1, -0.05) is 23.7 Å². The summed E-state index contributed by atoms with van der Waals surface area (Å²) in [5, 5.41) is 14.3. The van der Waals surface area contributed by atoms with Crippen LogP contribution in [0.2, 0.25) is 5.02 Å². The molecule has 2 rings (SSSR count). The second-order valence-corrected chi connectivity index (χ2v) is 5.90. The third-order valence-electron chi connectivity index (χ3n) is 3.40. The number of nitro groups is 1. The van der Waals surface area contributed by atoms with Crippen LogP contribution in [0.1, 0.15) is 16.7 Å². The number of anilines is 1. The Balaban J connectivity index is 2.09. The van der Waals surface area contributed by atoms with Crippen LogP contribution in [0.25, 0.3) is 0 Å². The summed E-state index contributed by atoms with van der Waals surface area (Å²) in [6, 6.07) is 8.32. The van der Waals surface area contributed by atoms with E-state index in [0.717, 1.165) is 11.1 Å². The summed E-state index contributed by atoms with van der Waals surface area (Å²) in [6.07, 6.45) is 0. The first-order chi connectivity index (χ1) is 11.3. The Hall–Kier alpha value is -2.60. The topological polar surface area (TPSA) is 81.5 Å². The third-order valence-corrected chi connectivity index (χ3v) is 3.81. The van der Waals surface area contributed by atoms with Crippen LogP contribution >= 0.6 is 11.6 Å². The molecule has 126 valence electrons. The predicted octanol–water partition coefficient (Wildman–Crippen LogP) is 4.19. The van der Waals surface area contributed by atoms with Gasteiger partial charge in [-0.05, 0) is 49.6 Å². The van der Waals surface area contributed by atoms with Gasteiger partial charge in [-0.3, -0.25) is 14.9 Å². The number of halogens is 1. The Bertz CT molecular complexity index is 805. The fourth-order valence-corrected chi connectivity index (χ4v) is 2.44. The number of nitrogens with zero attached hydrogens (tertiary/aromatic N) is 1. The number of hydrogen-bond acceptors (Lipinski definition) is 4. The van der Waals surface area contributed by atoms with Crippen LogP contribution in [0.15, 0.2) is 30.3 Å². The number of carbonyl (C=O) groups excluding carboxylic acids is 1. The maximum atomic E-state index is 12.0. The second-order valence-electron chi connectivity index (χ2n) is 5.49. The van der Waals surface area contributed by atoms with Crippen molar-refractivity contribution in [1.29, 1.82) is 0 Å². The van der Waals surface area contributed by atoms with Crippen LogP contribution in [-0.2, 0) is 4.79 Å². The van der Waals surface area contributed by atoms with E-state index in [9.17, 15) is 14.9 Å². The van der Waals surface area contributed by atoms with E-state index in [0.29, 0.717) is 16.3 Å². The highest BCUT2D eigenvalue weighted by Crippen LogP contribution is 2.32. The molecule has 0 aliphatic heterocycles. The summed E-state index contributed by atoms with van der Waals surface area (Å²) >= 11 is 6.00. The van der Waals surface area contributed by atoms with E-state index < -0.39 is 10.8 Å².